The van der Waals surface area contributed by atoms with Crippen LogP contribution in [0.3, 0.4) is 0 Å². The van der Waals surface area contributed by atoms with E-state index in [1.54, 1.807) is 18.5 Å². The zero-order valence-electron chi connectivity index (χ0n) is 16.6. The van der Waals surface area contributed by atoms with Crippen LogP contribution in [0.4, 0.5) is 0 Å². The maximum absolute atomic E-state index is 12.0. The molecule has 4 nitrogen and oxygen atoms in total. The molecule has 0 aliphatic rings. The highest BCUT2D eigenvalue weighted by atomic mass is 32.2. The molecule has 0 atom stereocenters. The van der Waals surface area contributed by atoms with Gasteiger partial charge in [-0.2, -0.15) is 8.42 Å². The number of pyridine rings is 1. The third-order valence-corrected chi connectivity index (χ3v) is 5.58. The third kappa shape index (κ3) is 6.14. The monoisotopic (exact) mass is 399 g/mol. The molecule has 0 bridgehead atoms. The predicted octanol–water partition coefficient (Wildman–Crippen LogP) is 5.85. The van der Waals surface area contributed by atoms with Gasteiger partial charge in [-0.25, -0.2) is 0 Å². The molecule has 0 aliphatic carbocycles. The van der Waals surface area contributed by atoms with Crippen LogP contribution in [-0.4, -0.2) is 18.0 Å². The van der Waals surface area contributed by atoms with Crippen LogP contribution in [0.25, 0.3) is 10.8 Å². The maximum atomic E-state index is 12.0. The topological polar surface area (TPSA) is 67.3 Å². The first-order valence-electron chi connectivity index (χ1n) is 9.85. The van der Waals surface area contributed by atoms with Crippen molar-refractivity contribution in [2.45, 2.75) is 57.3 Å². The molecule has 1 N–H and O–H groups in total. The van der Waals surface area contributed by atoms with E-state index in [1.807, 2.05) is 36.4 Å². The Morgan fingerprint density at radius 1 is 0.893 bits per heavy atom. The van der Waals surface area contributed by atoms with Gasteiger partial charge >= 0.3 is 0 Å². The van der Waals surface area contributed by atoms with Crippen LogP contribution in [0.2, 0.25) is 0 Å². The lowest BCUT2D eigenvalue weighted by atomic mass is 9.94. The Morgan fingerprint density at radius 2 is 1.54 bits per heavy atom. The molecule has 0 saturated heterocycles. The van der Waals surface area contributed by atoms with Gasteiger partial charge in [-0.1, -0.05) is 63.1 Å². The van der Waals surface area contributed by atoms with Gasteiger partial charge in [0.15, 0.2) is 0 Å². The maximum Gasteiger partial charge on any atom is 0.295 e. The first kappa shape index (κ1) is 22.1. The van der Waals surface area contributed by atoms with Crippen molar-refractivity contribution in [2.24, 2.45) is 0 Å². The predicted molar refractivity (Wildman–Crippen MR) is 115 cm³/mol. The molecule has 0 saturated carbocycles. The lowest BCUT2D eigenvalue weighted by Crippen LogP contribution is -2.08. The average Bonchev–Trinajstić information content (AvgIpc) is 2.71. The van der Waals surface area contributed by atoms with Crippen LogP contribution in [0.5, 0.6) is 0 Å². The van der Waals surface area contributed by atoms with Crippen molar-refractivity contribution in [3.05, 3.63) is 72.1 Å². The number of aryl methyl sites for hydroxylation is 1. The molecule has 3 rings (SSSR count). The van der Waals surface area contributed by atoms with Gasteiger partial charge in [0, 0.05) is 17.8 Å². The number of aromatic nitrogens is 1. The van der Waals surface area contributed by atoms with E-state index in [4.69, 9.17) is 0 Å². The van der Waals surface area contributed by atoms with E-state index in [0.29, 0.717) is 11.8 Å². The van der Waals surface area contributed by atoms with E-state index >= 15 is 0 Å². The average molecular weight is 400 g/mol. The number of fused-ring (bicyclic) bond motifs is 1. The molecule has 0 radical (unpaired) electrons. The molecule has 5 heteroatoms. The molecule has 1 aromatic heterocycles. The fraction of sp³-hybridized carbons (Fsp3) is 0.348. The van der Waals surface area contributed by atoms with E-state index in [0.717, 1.165) is 48.6 Å². The second-order valence-electron chi connectivity index (χ2n) is 6.77. The summed E-state index contributed by atoms with van der Waals surface area (Å²) in [4.78, 5) is 3.90. The van der Waals surface area contributed by atoms with Gasteiger partial charge in [-0.15, -0.1) is 0 Å². The fourth-order valence-corrected chi connectivity index (χ4v) is 4.25. The molecule has 0 fully saturated rings. The summed E-state index contributed by atoms with van der Waals surface area (Å²) in [7, 11) is -4.24. The van der Waals surface area contributed by atoms with Gasteiger partial charge in [0.05, 0.1) is 0 Å². The quantitative estimate of drug-likeness (QED) is 0.506. The van der Waals surface area contributed by atoms with Gasteiger partial charge in [-0.3, -0.25) is 9.54 Å². The van der Waals surface area contributed by atoms with Crippen LogP contribution in [0.1, 0.15) is 50.7 Å². The first-order valence-corrected chi connectivity index (χ1v) is 11.3. The third-order valence-electron chi connectivity index (χ3n) is 4.60. The summed E-state index contributed by atoms with van der Waals surface area (Å²) < 4.78 is 33.8. The van der Waals surface area contributed by atoms with E-state index < -0.39 is 10.1 Å². The number of unbranched alkanes of at least 4 members (excludes halogenated alkanes) is 2. The fourth-order valence-electron chi connectivity index (χ4n) is 3.24. The Kier molecular flexibility index (Phi) is 8.61. The van der Waals surface area contributed by atoms with Gasteiger partial charge in [0.25, 0.3) is 10.1 Å². The van der Waals surface area contributed by atoms with Crippen LogP contribution in [-0.2, 0) is 23.0 Å². The highest BCUT2D eigenvalue weighted by Gasteiger charge is 2.22. The summed E-state index contributed by atoms with van der Waals surface area (Å²) in [5, 5.41) is 1.50. The lowest BCUT2D eigenvalue weighted by Gasteiger charge is -2.16. The van der Waals surface area contributed by atoms with E-state index in [1.165, 1.54) is 0 Å². The minimum atomic E-state index is -4.24. The highest BCUT2D eigenvalue weighted by Crippen LogP contribution is 2.32. The van der Waals surface area contributed by atoms with E-state index in [2.05, 4.69) is 24.9 Å². The summed E-state index contributed by atoms with van der Waals surface area (Å²) in [6, 6.07) is 15.2. The van der Waals surface area contributed by atoms with E-state index in [-0.39, 0.29) is 4.90 Å². The zero-order valence-corrected chi connectivity index (χ0v) is 17.5. The molecule has 0 amide bonds. The number of benzene rings is 2. The minimum absolute atomic E-state index is 0.116. The molecule has 3 aromatic rings. The molecule has 0 spiro atoms. The zero-order chi connectivity index (χ0) is 20.4. The van der Waals surface area contributed by atoms with Gasteiger partial charge in [0.1, 0.15) is 4.90 Å². The summed E-state index contributed by atoms with van der Waals surface area (Å²) in [6.07, 6.45) is 9.02. The Morgan fingerprint density at radius 3 is 2.07 bits per heavy atom. The van der Waals surface area contributed by atoms with Gasteiger partial charge in [-0.05, 0) is 54.3 Å². The smallest absolute Gasteiger partial charge is 0.282 e. The van der Waals surface area contributed by atoms with Crippen LogP contribution in [0.15, 0.2) is 65.8 Å². The minimum Gasteiger partial charge on any atom is -0.282 e. The Hall–Kier alpha value is -2.24. The molecule has 2 aromatic carbocycles. The van der Waals surface area contributed by atoms with Crippen molar-refractivity contribution in [3.63, 3.8) is 0 Å². The second kappa shape index (κ2) is 10.9. The standard InChI is InChI=1S/C18H24O3S.C5H5N/c1-3-5-9-14-13-15-10-7-8-12-17(15)18(22(19,20)21)16(14)11-6-4-2;1-2-4-6-5-3-1/h7-8,10,12-13H,3-6,9,11H2,1-2H3,(H,19,20,21);1-5H. The van der Waals surface area contributed by atoms with Crippen molar-refractivity contribution in [3.8, 4) is 0 Å². The first-order chi connectivity index (χ1) is 13.5. The lowest BCUT2D eigenvalue weighted by molar-refractivity contribution is 0.482. The molecule has 1 heterocycles. The van der Waals surface area contributed by atoms with Crippen LogP contribution >= 0.6 is 0 Å². The number of nitrogens with zero attached hydrogens (tertiary/aromatic N) is 1. The summed E-state index contributed by atoms with van der Waals surface area (Å²) >= 11 is 0. The molecular formula is C23H29NO3S. The summed E-state index contributed by atoms with van der Waals surface area (Å²) in [5.74, 6) is 0. The van der Waals surface area contributed by atoms with Gasteiger partial charge in [0.2, 0.25) is 0 Å². The SMILES string of the molecule is CCCCc1cc2ccccc2c(S(=O)(=O)O)c1CCCC.c1ccncc1. The Bertz CT molecular complexity index is 943. The second-order valence-corrected chi connectivity index (χ2v) is 8.13. The highest BCUT2D eigenvalue weighted by molar-refractivity contribution is 7.86. The Labute approximate surface area is 168 Å². The van der Waals surface area contributed by atoms with Crippen molar-refractivity contribution in [2.75, 3.05) is 0 Å². The molecule has 0 aliphatic heterocycles. The summed E-state index contributed by atoms with van der Waals surface area (Å²) in [6.45, 7) is 4.20. The number of hydrogen-bond donors (Lipinski definition) is 1. The van der Waals surface area contributed by atoms with Crippen molar-refractivity contribution >= 4 is 20.9 Å². The number of hydrogen-bond acceptors (Lipinski definition) is 3. The van der Waals surface area contributed by atoms with Gasteiger partial charge < -0.3 is 0 Å². The number of rotatable bonds is 7. The van der Waals surface area contributed by atoms with Crippen molar-refractivity contribution in [1.29, 1.82) is 0 Å². The largest absolute Gasteiger partial charge is 0.295 e. The molecule has 150 valence electrons. The van der Waals surface area contributed by atoms with Crippen LogP contribution < -0.4 is 0 Å². The van der Waals surface area contributed by atoms with E-state index in [9.17, 15) is 13.0 Å². The molecule has 0 unspecified atom stereocenters. The Balaban J connectivity index is 0.000000397. The van der Waals surface area contributed by atoms with Crippen molar-refractivity contribution in [1.82, 2.24) is 4.98 Å². The van der Waals surface area contributed by atoms with Crippen molar-refractivity contribution < 1.29 is 13.0 Å². The molecular weight excluding hydrogens is 370 g/mol. The normalized spacial score (nSPS) is 11.1. The summed E-state index contributed by atoms with van der Waals surface area (Å²) in [5.41, 5.74) is 1.86. The van der Waals surface area contributed by atoms with Crippen LogP contribution in [0, 0.1) is 0 Å². The molecule has 28 heavy (non-hydrogen) atoms.